The van der Waals surface area contributed by atoms with Gasteiger partial charge in [-0.15, -0.1) is 0 Å². The molecule has 0 aliphatic carbocycles. The van der Waals surface area contributed by atoms with Crippen molar-refractivity contribution >= 4 is 16.9 Å². The lowest BCUT2D eigenvalue weighted by Crippen LogP contribution is -2.26. The first kappa shape index (κ1) is 12.9. The van der Waals surface area contributed by atoms with E-state index in [0.29, 0.717) is 16.7 Å². The quantitative estimate of drug-likeness (QED) is 0.610. The molecule has 0 saturated carbocycles. The predicted molar refractivity (Wildman–Crippen MR) is 64.5 cm³/mol. The Morgan fingerprint density at radius 3 is 3.00 bits per heavy atom. The Bertz CT molecular complexity index is 629. The minimum absolute atomic E-state index is 0.00538. The first-order valence-corrected chi connectivity index (χ1v) is 5.46. The number of hydrogen-bond donors (Lipinski definition) is 2. The fourth-order valence-electron chi connectivity index (χ4n) is 1.59. The molecule has 0 aliphatic heterocycles. The molecule has 0 radical (unpaired) electrons. The van der Waals surface area contributed by atoms with Crippen LogP contribution in [0.25, 0.3) is 11.0 Å². The van der Waals surface area contributed by atoms with Gasteiger partial charge < -0.3 is 14.0 Å². The van der Waals surface area contributed by atoms with Gasteiger partial charge in [-0.1, -0.05) is 17.7 Å². The molecule has 0 bridgehead atoms. The van der Waals surface area contributed by atoms with Crippen molar-refractivity contribution < 1.29 is 18.8 Å². The van der Waals surface area contributed by atoms with Crippen LogP contribution in [0.5, 0.6) is 5.75 Å². The van der Waals surface area contributed by atoms with Gasteiger partial charge in [0.05, 0.1) is 18.4 Å². The zero-order valence-corrected chi connectivity index (χ0v) is 9.88. The van der Waals surface area contributed by atoms with Crippen molar-refractivity contribution in [1.29, 1.82) is 5.26 Å². The standard InChI is InChI=1S/C12H11N3O4/c13-7-10-12(17-6-5-11(16)19-15-14)8-3-1-2-4-9(8)18-10/h1-4,15H,5-6,14H2. The topological polar surface area (TPSA) is 111 Å². The van der Waals surface area contributed by atoms with E-state index in [2.05, 4.69) is 4.84 Å². The van der Waals surface area contributed by atoms with Crippen LogP contribution in [0.1, 0.15) is 12.2 Å². The van der Waals surface area contributed by atoms with Crippen molar-refractivity contribution in [1.82, 2.24) is 5.59 Å². The number of hydrogen-bond acceptors (Lipinski definition) is 7. The molecule has 0 fully saturated rings. The van der Waals surface area contributed by atoms with Crippen molar-refractivity contribution in [3.63, 3.8) is 0 Å². The van der Waals surface area contributed by atoms with E-state index >= 15 is 0 Å². The third kappa shape index (κ3) is 2.82. The molecule has 0 aliphatic rings. The summed E-state index contributed by atoms with van der Waals surface area (Å²) in [6.45, 7) is 0.0543. The summed E-state index contributed by atoms with van der Waals surface area (Å²) in [7, 11) is 0. The number of benzene rings is 1. The highest BCUT2D eigenvalue weighted by Crippen LogP contribution is 2.32. The SMILES string of the molecule is N#Cc1oc2ccccc2c1OCCC(=O)ONN. The molecule has 98 valence electrons. The number of carbonyl (C=O) groups is 1. The van der Waals surface area contributed by atoms with Gasteiger partial charge in [-0.3, -0.25) is 4.79 Å². The Morgan fingerprint density at radius 2 is 2.26 bits per heavy atom. The Hall–Kier alpha value is -2.56. The summed E-state index contributed by atoms with van der Waals surface area (Å²) in [6, 6.07) is 9.01. The van der Waals surface area contributed by atoms with Gasteiger partial charge in [-0.25, -0.2) is 5.84 Å². The second-order valence-electron chi connectivity index (χ2n) is 3.56. The third-order valence-electron chi connectivity index (χ3n) is 2.38. The summed E-state index contributed by atoms with van der Waals surface area (Å²) < 4.78 is 10.7. The van der Waals surface area contributed by atoms with Gasteiger partial charge in [0.1, 0.15) is 11.7 Å². The number of carbonyl (C=O) groups excluding carboxylic acids is 1. The number of ether oxygens (including phenoxy) is 1. The third-order valence-corrected chi connectivity index (χ3v) is 2.38. The van der Waals surface area contributed by atoms with Gasteiger partial charge in [0.15, 0.2) is 5.75 Å². The number of nitrogens with one attached hydrogen (secondary N) is 1. The minimum atomic E-state index is -0.561. The Kier molecular flexibility index (Phi) is 3.97. The smallest absolute Gasteiger partial charge is 0.329 e. The largest absolute Gasteiger partial charge is 0.488 e. The molecule has 7 nitrogen and oxygen atoms in total. The van der Waals surface area contributed by atoms with E-state index < -0.39 is 5.97 Å². The van der Waals surface area contributed by atoms with Crippen molar-refractivity contribution in [2.75, 3.05) is 6.61 Å². The van der Waals surface area contributed by atoms with Crippen LogP contribution < -0.4 is 16.2 Å². The number of furan rings is 1. The molecular weight excluding hydrogens is 250 g/mol. The van der Waals surface area contributed by atoms with Crippen LogP contribution >= 0.6 is 0 Å². The first-order valence-electron chi connectivity index (χ1n) is 5.46. The van der Waals surface area contributed by atoms with Crippen LogP contribution in [-0.2, 0) is 9.63 Å². The summed E-state index contributed by atoms with van der Waals surface area (Å²) in [5, 5.41) is 9.65. The highest BCUT2D eigenvalue weighted by Gasteiger charge is 2.15. The summed E-state index contributed by atoms with van der Waals surface area (Å²) >= 11 is 0. The normalized spacial score (nSPS) is 10.1. The predicted octanol–water partition coefficient (Wildman–Crippen LogP) is 0.995. The van der Waals surface area contributed by atoms with E-state index in [1.165, 1.54) is 0 Å². The van der Waals surface area contributed by atoms with Crippen molar-refractivity contribution in [3.8, 4) is 11.8 Å². The second kappa shape index (κ2) is 5.86. The fraction of sp³-hybridized carbons (Fsp3) is 0.167. The van der Waals surface area contributed by atoms with Crippen LogP contribution in [0.4, 0.5) is 0 Å². The first-order chi connectivity index (χ1) is 9.26. The van der Waals surface area contributed by atoms with Crippen LogP contribution in [0.15, 0.2) is 28.7 Å². The van der Waals surface area contributed by atoms with E-state index in [1.54, 1.807) is 29.9 Å². The van der Waals surface area contributed by atoms with Crippen LogP contribution in [0.2, 0.25) is 0 Å². The average Bonchev–Trinajstić information content (AvgIpc) is 2.77. The van der Waals surface area contributed by atoms with E-state index in [0.717, 1.165) is 0 Å². The molecule has 3 N–H and O–H groups in total. The molecule has 2 rings (SSSR count). The average molecular weight is 261 g/mol. The number of rotatable bonds is 5. The number of nitrogens with two attached hydrogens (primary N) is 1. The minimum Gasteiger partial charge on any atom is -0.488 e. The molecule has 2 aromatic rings. The van der Waals surface area contributed by atoms with Crippen molar-refractivity contribution in [3.05, 3.63) is 30.0 Å². The second-order valence-corrected chi connectivity index (χ2v) is 3.56. The lowest BCUT2D eigenvalue weighted by molar-refractivity contribution is -0.151. The molecular formula is C12H11N3O4. The monoisotopic (exact) mass is 261 g/mol. The molecule has 1 aromatic carbocycles. The molecule has 0 amide bonds. The maximum atomic E-state index is 11.1. The molecule has 1 heterocycles. The van der Waals surface area contributed by atoms with Gasteiger partial charge >= 0.3 is 5.97 Å². The summed E-state index contributed by atoms with van der Waals surface area (Å²) in [6.07, 6.45) is -0.00538. The van der Waals surface area contributed by atoms with Gasteiger partial charge in [0.2, 0.25) is 5.76 Å². The van der Waals surface area contributed by atoms with E-state index in [9.17, 15) is 4.79 Å². The van der Waals surface area contributed by atoms with Gasteiger partial charge in [0, 0.05) is 0 Å². The number of nitrogens with zero attached hydrogens (tertiary/aromatic N) is 1. The number of para-hydroxylation sites is 1. The number of nitriles is 1. The maximum absolute atomic E-state index is 11.1. The molecule has 1 aromatic heterocycles. The van der Waals surface area contributed by atoms with E-state index in [-0.39, 0.29) is 18.8 Å². The zero-order chi connectivity index (χ0) is 13.7. The van der Waals surface area contributed by atoms with Crippen LogP contribution in [-0.4, -0.2) is 12.6 Å². The number of fused-ring (bicyclic) bond motifs is 1. The molecule has 0 atom stereocenters. The fourth-order valence-corrected chi connectivity index (χ4v) is 1.59. The highest BCUT2D eigenvalue weighted by atomic mass is 16.7. The zero-order valence-electron chi connectivity index (χ0n) is 9.88. The maximum Gasteiger partial charge on any atom is 0.329 e. The van der Waals surface area contributed by atoms with E-state index in [4.69, 9.17) is 20.3 Å². The van der Waals surface area contributed by atoms with Crippen molar-refractivity contribution in [2.24, 2.45) is 5.84 Å². The Labute approximate surface area is 108 Å². The summed E-state index contributed by atoms with van der Waals surface area (Å²) in [5.74, 6) is 4.66. The van der Waals surface area contributed by atoms with Crippen molar-refractivity contribution in [2.45, 2.75) is 6.42 Å². The van der Waals surface area contributed by atoms with Crippen LogP contribution in [0.3, 0.4) is 0 Å². The molecule has 0 spiro atoms. The molecule has 7 heteroatoms. The molecule has 0 unspecified atom stereocenters. The highest BCUT2D eigenvalue weighted by molar-refractivity contribution is 5.86. The van der Waals surface area contributed by atoms with Gasteiger partial charge in [-0.05, 0) is 12.1 Å². The Balaban J connectivity index is 2.11. The summed E-state index contributed by atoms with van der Waals surface area (Å²) in [5.41, 5.74) is 2.34. The van der Waals surface area contributed by atoms with Gasteiger partial charge in [-0.2, -0.15) is 5.26 Å². The molecule has 0 saturated heterocycles. The number of hydrazine groups is 1. The Morgan fingerprint density at radius 1 is 1.47 bits per heavy atom. The van der Waals surface area contributed by atoms with Crippen LogP contribution in [0, 0.1) is 11.3 Å². The van der Waals surface area contributed by atoms with E-state index in [1.807, 2.05) is 6.07 Å². The molecule has 19 heavy (non-hydrogen) atoms. The lowest BCUT2D eigenvalue weighted by Gasteiger charge is -2.04. The summed E-state index contributed by atoms with van der Waals surface area (Å²) in [4.78, 5) is 15.4. The van der Waals surface area contributed by atoms with Gasteiger partial charge in [0.25, 0.3) is 0 Å². The lowest BCUT2D eigenvalue weighted by atomic mass is 10.2.